The Labute approximate surface area is 109 Å². The molecule has 1 aromatic heterocycles. The zero-order valence-electron chi connectivity index (χ0n) is 9.47. The number of nitrogens with two attached hydrogens (primary N) is 1. The van der Waals surface area contributed by atoms with Crippen molar-refractivity contribution in [2.24, 2.45) is 5.73 Å². The normalized spacial score (nSPS) is 10.1. The second-order valence-electron chi connectivity index (χ2n) is 3.62. The Kier molecular flexibility index (Phi) is 3.84. The first-order valence-corrected chi connectivity index (χ1v) is 5.69. The average molecular weight is 262 g/mol. The van der Waals surface area contributed by atoms with E-state index in [-0.39, 0.29) is 17.4 Å². The number of nitrogens with zero attached hydrogens (tertiary/aromatic N) is 1. The molecule has 2 aromatic rings. The first-order chi connectivity index (χ1) is 8.68. The first kappa shape index (κ1) is 12.4. The quantitative estimate of drug-likeness (QED) is 0.860. The van der Waals surface area contributed by atoms with E-state index in [0.717, 1.165) is 0 Å². The van der Waals surface area contributed by atoms with Gasteiger partial charge >= 0.3 is 0 Å². The van der Waals surface area contributed by atoms with E-state index in [2.05, 4.69) is 4.98 Å². The highest BCUT2D eigenvalue weighted by Crippen LogP contribution is 2.18. The van der Waals surface area contributed by atoms with Crippen molar-refractivity contribution in [1.29, 1.82) is 0 Å². The maximum Gasteiger partial charge on any atom is 0.148 e. The first-order valence-electron chi connectivity index (χ1n) is 5.28. The van der Waals surface area contributed by atoms with Crippen LogP contribution in [0.15, 0.2) is 42.7 Å². The van der Waals surface area contributed by atoms with Gasteiger partial charge in [0.05, 0.1) is 11.8 Å². The summed E-state index contributed by atoms with van der Waals surface area (Å²) in [5, 5.41) is 0. The summed E-state index contributed by atoms with van der Waals surface area (Å²) >= 11 is 4.90. The molecule has 2 rings (SSSR count). The summed E-state index contributed by atoms with van der Waals surface area (Å²) in [5.41, 5.74) is 6.62. The van der Waals surface area contributed by atoms with Crippen molar-refractivity contribution in [2.45, 2.75) is 6.61 Å². The molecule has 5 heteroatoms. The van der Waals surface area contributed by atoms with Gasteiger partial charge in [-0.1, -0.05) is 30.4 Å². The zero-order chi connectivity index (χ0) is 13.0. The molecule has 0 saturated carbocycles. The molecule has 1 aromatic carbocycles. The maximum absolute atomic E-state index is 13.4. The van der Waals surface area contributed by atoms with Crippen molar-refractivity contribution >= 4 is 17.2 Å². The molecule has 0 aliphatic carbocycles. The van der Waals surface area contributed by atoms with Crippen molar-refractivity contribution in [3.05, 3.63) is 59.7 Å². The second kappa shape index (κ2) is 5.55. The van der Waals surface area contributed by atoms with Crippen LogP contribution in [0.4, 0.5) is 4.39 Å². The summed E-state index contributed by atoms with van der Waals surface area (Å²) in [6.07, 6.45) is 3.08. The molecule has 0 aliphatic rings. The highest BCUT2D eigenvalue weighted by atomic mass is 32.1. The summed E-state index contributed by atoms with van der Waals surface area (Å²) in [5.74, 6) is 0.145. The lowest BCUT2D eigenvalue weighted by Gasteiger charge is -2.10. The molecule has 3 nitrogen and oxygen atoms in total. The third-order valence-corrected chi connectivity index (χ3v) is 2.61. The van der Waals surface area contributed by atoms with Crippen LogP contribution in [-0.2, 0) is 6.61 Å². The SMILES string of the molecule is NC(=S)c1ccncc1OCc1ccccc1F. The van der Waals surface area contributed by atoms with E-state index in [4.69, 9.17) is 22.7 Å². The number of aromatic nitrogens is 1. The highest BCUT2D eigenvalue weighted by Gasteiger charge is 2.07. The van der Waals surface area contributed by atoms with Gasteiger partial charge in [0.15, 0.2) is 0 Å². The fourth-order valence-corrected chi connectivity index (χ4v) is 1.64. The summed E-state index contributed by atoms with van der Waals surface area (Å²) in [6.45, 7) is 0.105. The third-order valence-electron chi connectivity index (χ3n) is 2.39. The molecule has 92 valence electrons. The van der Waals surface area contributed by atoms with Crippen LogP contribution >= 0.6 is 12.2 Å². The predicted octanol–water partition coefficient (Wildman–Crippen LogP) is 2.43. The molecule has 2 N–H and O–H groups in total. The van der Waals surface area contributed by atoms with E-state index < -0.39 is 0 Å². The zero-order valence-corrected chi connectivity index (χ0v) is 10.3. The van der Waals surface area contributed by atoms with Gasteiger partial charge in [0.2, 0.25) is 0 Å². The van der Waals surface area contributed by atoms with Gasteiger partial charge in [-0.2, -0.15) is 0 Å². The van der Waals surface area contributed by atoms with Crippen LogP contribution in [0.25, 0.3) is 0 Å². The lowest BCUT2D eigenvalue weighted by atomic mass is 10.2. The standard InChI is InChI=1S/C13H11FN2OS/c14-11-4-2-1-3-9(11)8-17-12-7-16-6-5-10(12)13(15)18/h1-7H,8H2,(H2,15,18). The number of thiocarbonyl (C=S) groups is 1. The number of ether oxygens (including phenoxy) is 1. The Morgan fingerprint density at radius 1 is 1.33 bits per heavy atom. The van der Waals surface area contributed by atoms with Gasteiger partial charge in [0.25, 0.3) is 0 Å². The Morgan fingerprint density at radius 2 is 2.11 bits per heavy atom. The summed E-state index contributed by atoms with van der Waals surface area (Å²) in [6, 6.07) is 8.09. The average Bonchev–Trinajstić information content (AvgIpc) is 2.38. The minimum atomic E-state index is -0.307. The van der Waals surface area contributed by atoms with Crippen molar-refractivity contribution in [3.63, 3.8) is 0 Å². The lowest BCUT2D eigenvalue weighted by molar-refractivity contribution is 0.298. The minimum absolute atomic E-state index is 0.105. The smallest absolute Gasteiger partial charge is 0.148 e. The third kappa shape index (κ3) is 2.81. The van der Waals surface area contributed by atoms with Crippen LogP contribution < -0.4 is 10.5 Å². The fourth-order valence-electron chi connectivity index (χ4n) is 1.47. The van der Waals surface area contributed by atoms with E-state index >= 15 is 0 Å². The van der Waals surface area contributed by atoms with E-state index in [1.165, 1.54) is 12.3 Å². The van der Waals surface area contributed by atoms with Crippen molar-refractivity contribution in [1.82, 2.24) is 4.98 Å². The van der Waals surface area contributed by atoms with Crippen molar-refractivity contribution < 1.29 is 9.13 Å². The number of pyridine rings is 1. The largest absolute Gasteiger partial charge is 0.486 e. The van der Waals surface area contributed by atoms with E-state index in [0.29, 0.717) is 16.9 Å². The van der Waals surface area contributed by atoms with Gasteiger partial charge in [0.1, 0.15) is 23.2 Å². The van der Waals surface area contributed by atoms with E-state index in [1.807, 2.05) is 0 Å². The monoisotopic (exact) mass is 262 g/mol. The molecule has 0 atom stereocenters. The lowest BCUT2D eigenvalue weighted by Crippen LogP contribution is -2.12. The molecule has 1 heterocycles. The topological polar surface area (TPSA) is 48.1 Å². The fraction of sp³-hybridized carbons (Fsp3) is 0.0769. The Balaban J connectivity index is 2.16. The van der Waals surface area contributed by atoms with Gasteiger partial charge in [0, 0.05) is 11.8 Å². The van der Waals surface area contributed by atoms with Gasteiger partial charge in [-0.25, -0.2) is 4.39 Å². The molecule has 0 bridgehead atoms. The second-order valence-corrected chi connectivity index (χ2v) is 4.06. The van der Waals surface area contributed by atoms with Crippen molar-refractivity contribution in [3.8, 4) is 5.75 Å². The van der Waals surface area contributed by atoms with Crippen LogP contribution in [0, 0.1) is 5.82 Å². The van der Waals surface area contributed by atoms with E-state index in [1.54, 1.807) is 30.5 Å². The van der Waals surface area contributed by atoms with Gasteiger partial charge in [-0.3, -0.25) is 4.98 Å². The van der Waals surface area contributed by atoms with Gasteiger partial charge in [-0.15, -0.1) is 0 Å². The Hall–Kier alpha value is -2.01. The number of hydrogen-bond donors (Lipinski definition) is 1. The van der Waals surface area contributed by atoms with Crippen LogP contribution in [0.1, 0.15) is 11.1 Å². The number of halogens is 1. The molecule has 0 unspecified atom stereocenters. The predicted molar refractivity (Wildman–Crippen MR) is 70.9 cm³/mol. The Bertz CT molecular complexity index is 574. The van der Waals surface area contributed by atoms with E-state index in [9.17, 15) is 4.39 Å². The van der Waals surface area contributed by atoms with Crippen LogP contribution in [0.5, 0.6) is 5.75 Å². The molecular formula is C13H11FN2OS. The maximum atomic E-state index is 13.4. The molecule has 0 saturated heterocycles. The molecule has 0 spiro atoms. The van der Waals surface area contributed by atoms with Crippen LogP contribution in [-0.4, -0.2) is 9.97 Å². The number of rotatable bonds is 4. The molecule has 0 radical (unpaired) electrons. The highest BCUT2D eigenvalue weighted by molar-refractivity contribution is 7.80. The molecule has 18 heavy (non-hydrogen) atoms. The molecule has 0 amide bonds. The Morgan fingerprint density at radius 3 is 2.83 bits per heavy atom. The van der Waals surface area contributed by atoms with Crippen molar-refractivity contribution in [2.75, 3.05) is 0 Å². The summed E-state index contributed by atoms with van der Waals surface area (Å²) in [4.78, 5) is 4.15. The molecule has 0 aliphatic heterocycles. The van der Waals surface area contributed by atoms with Crippen LogP contribution in [0.2, 0.25) is 0 Å². The summed E-state index contributed by atoms with van der Waals surface area (Å²) < 4.78 is 18.9. The number of benzene rings is 1. The van der Waals surface area contributed by atoms with Gasteiger partial charge in [-0.05, 0) is 12.1 Å². The van der Waals surface area contributed by atoms with Gasteiger partial charge < -0.3 is 10.5 Å². The molecular weight excluding hydrogens is 251 g/mol. The minimum Gasteiger partial charge on any atom is -0.486 e. The number of hydrogen-bond acceptors (Lipinski definition) is 3. The molecule has 0 fully saturated rings. The van der Waals surface area contributed by atoms with Crippen LogP contribution in [0.3, 0.4) is 0 Å². The summed E-state index contributed by atoms with van der Waals surface area (Å²) in [7, 11) is 0.